The second-order valence-corrected chi connectivity index (χ2v) is 4.74. The van der Waals surface area contributed by atoms with Crippen LogP contribution in [-0.2, 0) is 9.53 Å². The number of alkyl halides is 6. The van der Waals surface area contributed by atoms with Crippen LogP contribution in [0.3, 0.4) is 0 Å². The van der Waals surface area contributed by atoms with E-state index in [2.05, 4.69) is 4.74 Å². The minimum absolute atomic E-state index is 0.466. The number of hydrogen-bond donors (Lipinski definition) is 0. The van der Waals surface area contributed by atoms with Crippen LogP contribution in [0.5, 0.6) is 0 Å². The maximum Gasteiger partial charge on any atom is 0.434 e. The Labute approximate surface area is 100 Å². The molecule has 2 nitrogen and oxygen atoms in total. The van der Waals surface area contributed by atoms with E-state index in [-0.39, 0.29) is 0 Å². The molecule has 108 valence electrons. The van der Waals surface area contributed by atoms with E-state index in [0.717, 1.165) is 0 Å². The number of esters is 1. The lowest BCUT2D eigenvalue weighted by molar-refractivity contribution is -0.315. The Balaban J connectivity index is 5.10. The molecule has 0 saturated carbocycles. The Kier molecular flexibility index (Phi) is 4.71. The molecular weight excluding hydrogens is 266 g/mol. The fraction of sp³-hybridized carbons (Fsp3) is 0.900. The van der Waals surface area contributed by atoms with Crippen molar-refractivity contribution in [1.82, 2.24) is 0 Å². The van der Waals surface area contributed by atoms with Crippen molar-refractivity contribution < 1.29 is 35.9 Å². The minimum Gasteiger partial charge on any atom is -0.442 e. The molecule has 0 rings (SSSR count). The van der Waals surface area contributed by atoms with Gasteiger partial charge in [-0.1, -0.05) is 13.8 Å². The summed E-state index contributed by atoms with van der Waals surface area (Å²) in [6.45, 7) is 5.45. The van der Waals surface area contributed by atoms with E-state index in [1.807, 2.05) is 0 Å². The van der Waals surface area contributed by atoms with Crippen LogP contribution >= 0.6 is 0 Å². The summed E-state index contributed by atoms with van der Waals surface area (Å²) in [5.41, 5.74) is -1.44. The SMILES string of the molecule is CC(C)C(C)(C)C(=O)OC(C(F)(F)F)C(F)(F)F. The number of hydrogen-bond acceptors (Lipinski definition) is 2. The first-order chi connectivity index (χ1) is 7.70. The summed E-state index contributed by atoms with van der Waals surface area (Å²) >= 11 is 0. The van der Waals surface area contributed by atoms with Gasteiger partial charge in [0.1, 0.15) is 0 Å². The van der Waals surface area contributed by atoms with Gasteiger partial charge in [-0.05, 0) is 19.8 Å². The molecule has 18 heavy (non-hydrogen) atoms. The first-order valence-electron chi connectivity index (χ1n) is 5.05. The Morgan fingerprint density at radius 2 is 1.28 bits per heavy atom. The molecular formula is C10H14F6O2. The second-order valence-electron chi connectivity index (χ2n) is 4.74. The monoisotopic (exact) mass is 280 g/mol. The number of halogens is 6. The van der Waals surface area contributed by atoms with Gasteiger partial charge in [0.15, 0.2) is 0 Å². The van der Waals surface area contributed by atoms with E-state index in [1.54, 1.807) is 0 Å². The predicted molar refractivity (Wildman–Crippen MR) is 50.6 cm³/mol. The molecule has 0 aromatic carbocycles. The first kappa shape index (κ1) is 17.1. The van der Waals surface area contributed by atoms with Gasteiger partial charge in [-0.2, -0.15) is 26.3 Å². The van der Waals surface area contributed by atoms with Crippen LogP contribution in [0.1, 0.15) is 27.7 Å². The topological polar surface area (TPSA) is 26.3 Å². The van der Waals surface area contributed by atoms with E-state index in [4.69, 9.17) is 0 Å². The lowest BCUT2D eigenvalue weighted by Crippen LogP contribution is -2.48. The van der Waals surface area contributed by atoms with Crippen LogP contribution in [0.15, 0.2) is 0 Å². The maximum atomic E-state index is 12.2. The van der Waals surface area contributed by atoms with Crippen LogP contribution in [0.2, 0.25) is 0 Å². The fourth-order valence-electron chi connectivity index (χ4n) is 0.814. The van der Waals surface area contributed by atoms with Gasteiger partial charge >= 0.3 is 18.3 Å². The summed E-state index contributed by atoms with van der Waals surface area (Å²) < 4.78 is 76.6. The average molecular weight is 280 g/mol. The number of carbonyl (C=O) groups excluding carboxylic acids is 1. The van der Waals surface area contributed by atoms with Crippen molar-refractivity contribution >= 4 is 5.97 Å². The van der Waals surface area contributed by atoms with Gasteiger partial charge in [0, 0.05) is 0 Å². The molecule has 0 aliphatic rings. The highest BCUT2D eigenvalue weighted by atomic mass is 19.4. The summed E-state index contributed by atoms with van der Waals surface area (Å²) in [6.07, 6.45) is -15.4. The molecule has 0 aliphatic carbocycles. The average Bonchev–Trinajstić information content (AvgIpc) is 2.09. The molecule has 0 spiro atoms. The van der Waals surface area contributed by atoms with Gasteiger partial charge in [-0.3, -0.25) is 4.79 Å². The molecule has 0 N–H and O–H groups in total. The summed E-state index contributed by atoms with van der Waals surface area (Å²) in [6, 6.07) is 0. The molecule has 0 bridgehead atoms. The number of rotatable bonds is 3. The van der Waals surface area contributed by atoms with E-state index < -0.39 is 35.8 Å². The van der Waals surface area contributed by atoms with Gasteiger partial charge in [0.05, 0.1) is 5.41 Å². The summed E-state index contributed by atoms with van der Waals surface area (Å²) in [5, 5.41) is 0. The first-order valence-corrected chi connectivity index (χ1v) is 5.05. The number of ether oxygens (including phenoxy) is 1. The van der Waals surface area contributed by atoms with Gasteiger partial charge < -0.3 is 4.74 Å². The van der Waals surface area contributed by atoms with Gasteiger partial charge in [0.2, 0.25) is 0 Å². The van der Waals surface area contributed by atoms with Gasteiger partial charge in [0.25, 0.3) is 6.10 Å². The van der Waals surface area contributed by atoms with Crippen molar-refractivity contribution in [1.29, 1.82) is 0 Å². The van der Waals surface area contributed by atoms with Crippen LogP contribution in [-0.4, -0.2) is 24.4 Å². The minimum atomic E-state index is -5.68. The van der Waals surface area contributed by atoms with Crippen LogP contribution in [0.25, 0.3) is 0 Å². The van der Waals surface area contributed by atoms with E-state index in [0.29, 0.717) is 0 Å². The summed E-state index contributed by atoms with van der Waals surface area (Å²) in [5.74, 6) is -2.00. The smallest absolute Gasteiger partial charge is 0.434 e. The predicted octanol–water partition coefficient (Wildman–Crippen LogP) is 3.71. The highest BCUT2D eigenvalue weighted by Gasteiger charge is 2.60. The maximum absolute atomic E-state index is 12.2. The highest BCUT2D eigenvalue weighted by Crippen LogP contribution is 2.38. The van der Waals surface area contributed by atoms with Crippen molar-refractivity contribution in [3.8, 4) is 0 Å². The van der Waals surface area contributed by atoms with Crippen LogP contribution in [0, 0.1) is 11.3 Å². The normalized spacial score (nSPS) is 14.2. The molecule has 0 unspecified atom stereocenters. The molecule has 0 saturated heterocycles. The zero-order valence-electron chi connectivity index (χ0n) is 10.2. The largest absolute Gasteiger partial charge is 0.442 e. The Bertz CT molecular complexity index is 288. The molecule has 0 aliphatic heterocycles. The fourth-order valence-corrected chi connectivity index (χ4v) is 0.814. The third-order valence-corrected chi connectivity index (χ3v) is 2.79. The highest BCUT2D eigenvalue weighted by molar-refractivity contribution is 5.76. The molecule has 0 aromatic heterocycles. The number of carbonyl (C=O) groups is 1. The van der Waals surface area contributed by atoms with E-state index in [1.165, 1.54) is 27.7 Å². The lowest BCUT2D eigenvalue weighted by atomic mass is 9.81. The van der Waals surface area contributed by atoms with Gasteiger partial charge in [-0.15, -0.1) is 0 Å². The Morgan fingerprint density at radius 3 is 1.50 bits per heavy atom. The molecule has 0 atom stereocenters. The molecule has 0 heterocycles. The molecule has 0 aromatic rings. The molecule has 0 fully saturated rings. The molecule has 8 heteroatoms. The van der Waals surface area contributed by atoms with Crippen molar-refractivity contribution in [3.63, 3.8) is 0 Å². The van der Waals surface area contributed by atoms with Crippen molar-refractivity contribution in [2.75, 3.05) is 0 Å². The summed E-state index contributed by atoms with van der Waals surface area (Å²) in [4.78, 5) is 11.4. The second kappa shape index (κ2) is 4.97. The van der Waals surface area contributed by atoms with Crippen LogP contribution < -0.4 is 0 Å². The standard InChI is InChI=1S/C10H14F6O2/c1-5(2)8(3,4)7(17)18-6(9(11,12)13)10(14,15)16/h5-6H,1-4H3. The van der Waals surface area contributed by atoms with Crippen molar-refractivity contribution in [3.05, 3.63) is 0 Å². The van der Waals surface area contributed by atoms with Gasteiger partial charge in [-0.25, -0.2) is 0 Å². The summed E-state index contributed by atoms with van der Waals surface area (Å²) in [7, 11) is 0. The zero-order valence-corrected chi connectivity index (χ0v) is 10.2. The van der Waals surface area contributed by atoms with Crippen molar-refractivity contribution in [2.24, 2.45) is 11.3 Å². The van der Waals surface area contributed by atoms with E-state index in [9.17, 15) is 31.1 Å². The van der Waals surface area contributed by atoms with Crippen LogP contribution in [0.4, 0.5) is 26.3 Å². The Hall–Kier alpha value is -0.950. The Morgan fingerprint density at radius 1 is 0.944 bits per heavy atom. The zero-order chi connectivity index (χ0) is 14.9. The molecule has 0 radical (unpaired) electrons. The quantitative estimate of drug-likeness (QED) is 0.582. The molecule has 0 amide bonds. The third-order valence-electron chi connectivity index (χ3n) is 2.79. The lowest BCUT2D eigenvalue weighted by Gasteiger charge is -2.30. The van der Waals surface area contributed by atoms with Crippen molar-refractivity contribution in [2.45, 2.75) is 46.2 Å². The third kappa shape index (κ3) is 4.06. The van der Waals surface area contributed by atoms with E-state index >= 15 is 0 Å².